The molecule has 0 atom stereocenters. The zero-order chi connectivity index (χ0) is 17.6. The lowest BCUT2D eigenvalue weighted by Gasteiger charge is -2.08. The molecule has 10 nitrogen and oxygen atoms in total. The Morgan fingerprint density at radius 1 is 0.783 bits per heavy atom. The summed E-state index contributed by atoms with van der Waals surface area (Å²) in [5, 5.41) is -0.350. The van der Waals surface area contributed by atoms with Crippen molar-refractivity contribution < 1.29 is 43.1 Å². The number of hydrogen-bond acceptors (Lipinski definition) is 7. The number of rotatable bonds is 4. The summed E-state index contributed by atoms with van der Waals surface area (Å²) in [6.45, 7) is 0. The fraction of sp³-hybridized carbons (Fsp3) is 0. The van der Waals surface area contributed by atoms with E-state index in [0.29, 0.717) is 6.07 Å². The molecule has 3 N–H and O–H groups in total. The molecule has 0 aliphatic carbocycles. The van der Waals surface area contributed by atoms with Crippen LogP contribution in [0.2, 0.25) is 0 Å². The van der Waals surface area contributed by atoms with Gasteiger partial charge in [0.25, 0.3) is 20.2 Å². The fourth-order valence-electron chi connectivity index (χ4n) is 1.81. The van der Waals surface area contributed by atoms with E-state index in [1.807, 2.05) is 0 Å². The highest BCUT2D eigenvalue weighted by Gasteiger charge is 2.21. The Balaban J connectivity index is 2.86. The molecule has 126 valence electrons. The van der Waals surface area contributed by atoms with Crippen LogP contribution in [0.3, 0.4) is 0 Å². The average Bonchev–Trinajstić information content (AvgIpc) is 2.33. The predicted molar refractivity (Wildman–Crippen MR) is 75.8 cm³/mol. The molecule has 0 fully saturated rings. The lowest BCUT2D eigenvalue weighted by Crippen LogP contribution is -2.07. The SMILES string of the molecule is O=S(=O)(O)Oc1ccc2cc(S(=O)(=O)O)cc(S(=O)(=O)O)c2c1. The van der Waals surface area contributed by atoms with Crippen molar-refractivity contribution in [1.29, 1.82) is 0 Å². The summed E-state index contributed by atoms with van der Waals surface area (Å²) in [7, 11) is -14.5. The van der Waals surface area contributed by atoms with E-state index in [9.17, 15) is 29.8 Å². The third-order valence-corrected chi connectivity index (χ3v) is 4.77. The van der Waals surface area contributed by atoms with Gasteiger partial charge in [-0.2, -0.15) is 25.3 Å². The van der Waals surface area contributed by atoms with Crippen molar-refractivity contribution in [3.63, 3.8) is 0 Å². The van der Waals surface area contributed by atoms with Crippen LogP contribution in [0.4, 0.5) is 0 Å². The summed E-state index contributed by atoms with van der Waals surface area (Å²) < 4.78 is 97.4. The molecule has 0 saturated heterocycles. The molecule has 0 aliphatic heterocycles. The maximum atomic E-state index is 11.4. The van der Waals surface area contributed by atoms with Crippen LogP contribution in [0.15, 0.2) is 40.1 Å². The highest BCUT2D eigenvalue weighted by Crippen LogP contribution is 2.30. The Kier molecular flexibility index (Phi) is 4.13. The Labute approximate surface area is 130 Å². The third kappa shape index (κ3) is 4.15. The minimum atomic E-state index is -4.92. The molecule has 0 aromatic heterocycles. The van der Waals surface area contributed by atoms with E-state index < -0.39 is 46.2 Å². The van der Waals surface area contributed by atoms with E-state index in [1.54, 1.807) is 0 Å². The zero-order valence-corrected chi connectivity index (χ0v) is 13.3. The van der Waals surface area contributed by atoms with E-state index in [0.717, 1.165) is 24.3 Å². The second-order valence-electron chi connectivity index (χ2n) is 4.27. The van der Waals surface area contributed by atoms with Crippen LogP contribution in [0.5, 0.6) is 5.75 Å². The first-order valence-corrected chi connectivity index (χ1v) is 9.71. The second-order valence-corrected chi connectivity index (χ2v) is 8.10. The maximum absolute atomic E-state index is 11.4. The first kappa shape index (κ1) is 17.6. The van der Waals surface area contributed by atoms with Gasteiger partial charge in [-0.25, -0.2) is 0 Å². The lowest BCUT2D eigenvalue weighted by atomic mass is 10.1. The third-order valence-electron chi connectivity index (χ3n) is 2.64. The highest BCUT2D eigenvalue weighted by atomic mass is 32.3. The summed E-state index contributed by atoms with van der Waals surface area (Å²) in [6.07, 6.45) is 0. The molecule has 2 aromatic carbocycles. The van der Waals surface area contributed by atoms with E-state index in [1.165, 1.54) is 0 Å². The van der Waals surface area contributed by atoms with Crippen molar-refractivity contribution >= 4 is 41.4 Å². The van der Waals surface area contributed by atoms with Crippen molar-refractivity contribution in [2.45, 2.75) is 9.79 Å². The summed E-state index contributed by atoms with van der Waals surface area (Å²) in [6, 6.07) is 4.30. The average molecular weight is 384 g/mol. The minimum Gasteiger partial charge on any atom is -0.362 e. The van der Waals surface area contributed by atoms with Crippen LogP contribution >= 0.6 is 0 Å². The fourth-order valence-corrected chi connectivity index (χ4v) is 3.51. The largest absolute Gasteiger partial charge is 0.446 e. The van der Waals surface area contributed by atoms with Gasteiger partial charge in [-0.05, 0) is 29.7 Å². The lowest BCUT2D eigenvalue weighted by molar-refractivity contribution is 0.387. The molecule has 2 aromatic rings. The van der Waals surface area contributed by atoms with Crippen molar-refractivity contribution in [3.05, 3.63) is 30.3 Å². The normalized spacial score (nSPS) is 13.2. The van der Waals surface area contributed by atoms with Gasteiger partial charge in [0.2, 0.25) is 0 Å². The molecule has 0 aliphatic rings. The van der Waals surface area contributed by atoms with E-state index in [4.69, 9.17) is 9.11 Å². The summed E-state index contributed by atoms with van der Waals surface area (Å²) >= 11 is 0. The van der Waals surface area contributed by atoms with E-state index >= 15 is 0 Å². The number of fused-ring (bicyclic) bond motifs is 1. The van der Waals surface area contributed by atoms with Crippen molar-refractivity contribution in [3.8, 4) is 5.75 Å². The van der Waals surface area contributed by atoms with Gasteiger partial charge in [-0.15, -0.1) is 0 Å². The Hall–Kier alpha value is -1.77. The van der Waals surface area contributed by atoms with Crippen molar-refractivity contribution in [2.75, 3.05) is 0 Å². The van der Waals surface area contributed by atoms with Gasteiger partial charge in [0.15, 0.2) is 0 Å². The summed E-state index contributed by atoms with van der Waals surface area (Å²) in [5.74, 6) is -0.482. The molecule has 0 radical (unpaired) electrons. The first-order chi connectivity index (χ1) is 10.3. The molecular formula is C10H8O10S3. The van der Waals surface area contributed by atoms with Crippen LogP contribution in [0, 0.1) is 0 Å². The van der Waals surface area contributed by atoms with Crippen LogP contribution < -0.4 is 4.18 Å². The van der Waals surface area contributed by atoms with Gasteiger partial charge in [-0.3, -0.25) is 13.7 Å². The molecule has 13 heteroatoms. The van der Waals surface area contributed by atoms with Gasteiger partial charge in [0.1, 0.15) is 10.6 Å². The molecule has 0 heterocycles. The molecule has 0 amide bonds. The maximum Gasteiger partial charge on any atom is 0.446 e. The summed E-state index contributed by atoms with van der Waals surface area (Å²) in [5.41, 5.74) is 0. The number of benzene rings is 2. The Morgan fingerprint density at radius 3 is 1.87 bits per heavy atom. The quantitative estimate of drug-likeness (QED) is 0.630. The summed E-state index contributed by atoms with van der Waals surface area (Å²) in [4.78, 5) is -1.69. The highest BCUT2D eigenvalue weighted by molar-refractivity contribution is 7.86. The van der Waals surface area contributed by atoms with Gasteiger partial charge in [0, 0.05) is 5.39 Å². The molecule has 0 unspecified atom stereocenters. The topological polar surface area (TPSA) is 172 Å². The molecule has 0 spiro atoms. The van der Waals surface area contributed by atoms with Crippen LogP contribution in [0.1, 0.15) is 0 Å². The van der Waals surface area contributed by atoms with Crippen molar-refractivity contribution in [2.24, 2.45) is 0 Å². The molecule has 2 rings (SSSR count). The monoisotopic (exact) mass is 384 g/mol. The van der Waals surface area contributed by atoms with Gasteiger partial charge in [-0.1, -0.05) is 6.07 Å². The van der Waals surface area contributed by atoms with Crippen LogP contribution in [0.25, 0.3) is 10.8 Å². The zero-order valence-electron chi connectivity index (χ0n) is 10.8. The molecule has 0 saturated carbocycles. The predicted octanol–water partition coefficient (Wildman–Crippen LogP) is 0.515. The Morgan fingerprint density at radius 2 is 1.39 bits per heavy atom. The molecular weight excluding hydrogens is 376 g/mol. The van der Waals surface area contributed by atoms with E-state index in [-0.39, 0.29) is 10.8 Å². The van der Waals surface area contributed by atoms with Gasteiger partial charge < -0.3 is 4.18 Å². The van der Waals surface area contributed by atoms with Crippen LogP contribution in [-0.2, 0) is 30.6 Å². The second kappa shape index (κ2) is 5.40. The molecule has 0 bridgehead atoms. The van der Waals surface area contributed by atoms with Crippen LogP contribution in [-0.4, -0.2) is 38.9 Å². The van der Waals surface area contributed by atoms with Gasteiger partial charge in [0.05, 0.1) is 4.90 Å². The minimum absolute atomic E-state index is 0.0598. The smallest absolute Gasteiger partial charge is 0.362 e. The standard InChI is InChI=1S/C10H8O10S3/c11-21(12,13)8-3-6-1-2-7(20-23(17,18)19)4-9(6)10(5-8)22(14,15)16/h1-5H,(H,11,12,13)(H,14,15,16)(H,17,18,19). The Bertz CT molecular complexity index is 1100. The van der Waals surface area contributed by atoms with Crippen molar-refractivity contribution in [1.82, 2.24) is 0 Å². The molecule has 23 heavy (non-hydrogen) atoms. The number of hydrogen-bond donors (Lipinski definition) is 3. The first-order valence-electron chi connectivity index (χ1n) is 5.47. The van der Waals surface area contributed by atoms with E-state index in [2.05, 4.69) is 4.18 Å². The van der Waals surface area contributed by atoms with Gasteiger partial charge >= 0.3 is 10.4 Å².